The number of nitrogens with one attached hydrogen (secondary N) is 2. The van der Waals surface area contributed by atoms with Gasteiger partial charge in [-0.15, -0.1) is 0 Å². The van der Waals surface area contributed by atoms with Gasteiger partial charge in [0.25, 0.3) is 0 Å². The van der Waals surface area contributed by atoms with E-state index in [-0.39, 0.29) is 5.91 Å². The third-order valence-corrected chi connectivity index (χ3v) is 2.91. The zero-order chi connectivity index (χ0) is 11.2. The Morgan fingerprint density at radius 1 is 1.31 bits per heavy atom. The minimum Gasteiger partial charge on any atom is -0.352 e. The Kier molecular flexibility index (Phi) is 3.94. The van der Waals surface area contributed by atoms with Crippen LogP contribution in [0, 0.1) is 0 Å². The van der Waals surface area contributed by atoms with Crippen molar-refractivity contribution in [2.45, 2.75) is 25.3 Å². The number of rotatable bonds is 5. The lowest BCUT2D eigenvalue weighted by Gasteiger charge is -2.10. The molecule has 2 N–H and O–H groups in total. The van der Waals surface area contributed by atoms with Crippen LogP contribution in [0.5, 0.6) is 0 Å². The Labute approximate surface area is 96.2 Å². The third-order valence-electron chi connectivity index (χ3n) is 2.91. The molecule has 1 amide bonds. The first-order valence-corrected chi connectivity index (χ1v) is 5.88. The Morgan fingerprint density at radius 3 is 2.81 bits per heavy atom. The van der Waals surface area contributed by atoms with Crippen LogP contribution in [0.4, 0.5) is 0 Å². The Morgan fingerprint density at radius 2 is 2.12 bits per heavy atom. The molecule has 1 aromatic rings. The highest BCUT2D eigenvalue weighted by Gasteiger charge is 2.19. The van der Waals surface area contributed by atoms with Gasteiger partial charge >= 0.3 is 0 Å². The minimum atomic E-state index is 0.190. The standard InChI is InChI=1S/C13H18N2O/c16-13-7-6-12(15-13)10-14-9-8-11-4-2-1-3-5-11/h1-5,12,14H,6-10H2,(H,15,16). The van der Waals surface area contributed by atoms with Crippen molar-refractivity contribution in [2.24, 2.45) is 0 Å². The van der Waals surface area contributed by atoms with Crippen molar-refractivity contribution >= 4 is 5.91 Å². The summed E-state index contributed by atoms with van der Waals surface area (Å²) in [6, 6.07) is 10.8. The van der Waals surface area contributed by atoms with E-state index >= 15 is 0 Å². The lowest BCUT2D eigenvalue weighted by molar-refractivity contribution is -0.119. The van der Waals surface area contributed by atoms with Crippen molar-refractivity contribution < 1.29 is 4.79 Å². The molecule has 1 aliphatic rings. The second-order valence-corrected chi connectivity index (χ2v) is 4.24. The van der Waals surface area contributed by atoms with Gasteiger partial charge in [0.2, 0.25) is 5.91 Å². The molecule has 1 heterocycles. The minimum absolute atomic E-state index is 0.190. The number of hydrogen-bond donors (Lipinski definition) is 2. The molecule has 86 valence electrons. The quantitative estimate of drug-likeness (QED) is 0.727. The highest BCUT2D eigenvalue weighted by molar-refractivity contribution is 5.78. The van der Waals surface area contributed by atoms with Gasteiger partial charge in [-0.05, 0) is 24.9 Å². The van der Waals surface area contributed by atoms with Crippen molar-refractivity contribution in [3.05, 3.63) is 35.9 Å². The zero-order valence-electron chi connectivity index (χ0n) is 9.41. The van der Waals surface area contributed by atoms with E-state index in [2.05, 4.69) is 34.9 Å². The predicted octanol–water partition coefficient (Wildman–Crippen LogP) is 1.10. The molecular weight excluding hydrogens is 200 g/mol. The van der Waals surface area contributed by atoms with Crippen LogP contribution in [0.1, 0.15) is 18.4 Å². The summed E-state index contributed by atoms with van der Waals surface area (Å²) in [5, 5.41) is 6.33. The molecule has 1 unspecified atom stereocenters. The highest BCUT2D eigenvalue weighted by Crippen LogP contribution is 2.05. The van der Waals surface area contributed by atoms with E-state index in [1.807, 2.05) is 6.07 Å². The summed E-state index contributed by atoms with van der Waals surface area (Å²) in [4.78, 5) is 11.0. The summed E-state index contributed by atoms with van der Waals surface area (Å²) in [6.07, 6.45) is 2.70. The second kappa shape index (κ2) is 5.66. The van der Waals surface area contributed by atoms with E-state index in [1.165, 1.54) is 5.56 Å². The monoisotopic (exact) mass is 218 g/mol. The number of hydrogen-bond acceptors (Lipinski definition) is 2. The molecule has 0 aromatic heterocycles. The second-order valence-electron chi connectivity index (χ2n) is 4.24. The summed E-state index contributed by atoms with van der Waals surface area (Å²) in [7, 11) is 0. The molecule has 1 atom stereocenters. The molecule has 16 heavy (non-hydrogen) atoms. The normalized spacial score (nSPS) is 19.8. The van der Waals surface area contributed by atoms with E-state index in [9.17, 15) is 4.79 Å². The molecule has 1 fully saturated rings. The van der Waals surface area contributed by atoms with Crippen LogP contribution < -0.4 is 10.6 Å². The van der Waals surface area contributed by atoms with Crippen LogP contribution in [0.2, 0.25) is 0 Å². The van der Waals surface area contributed by atoms with Gasteiger partial charge in [-0.3, -0.25) is 4.79 Å². The Balaban J connectivity index is 1.60. The maximum absolute atomic E-state index is 11.0. The first-order chi connectivity index (χ1) is 7.84. The van der Waals surface area contributed by atoms with Gasteiger partial charge in [0.1, 0.15) is 0 Å². The van der Waals surface area contributed by atoms with Crippen LogP contribution in [-0.4, -0.2) is 25.0 Å². The first kappa shape index (κ1) is 11.1. The van der Waals surface area contributed by atoms with Gasteiger partial charge < -0.3 is 10.6 Å². The van der Waals surface area contributed by atoms with Crippen molar-refractivity contribution in [1.29, 1.82) is 0 Å². The topological polar surface area (TPSA) is 41.1 Å². The molecule has 3 nitrogen and oxygen atoms in total. The predicted molar refractivity (Wildman–Crippen MR) is 64.2 cm³/mol. The number of carbonyl (C=O) groups is 1. The summed E-state index contributed by atoms with van der Waals surface area (Å²) < 4.78 is 0. The number of carbonyl (C=O) groups excluding carboxylic acids is 1. The van der Waals surface area contributed by atoms with Crippen molar-refractivity contribution in [3.63, 3.8) is 0 Å². The van der Waals surface area contributed by atoms with Crippen molar-refractivity contribution in [3.8, 4) is 0 Å². The molecule has 3 heteroatoms. The Hall–Kier alpha value is -1.35. The van der Waals surface area contributed by atoms with Gasteiger partial charge in [0.05, 0.1) is 0 Å². The van der Waals surface area contributed by atoms with Gasteiger partial charge in [-0.25, -0.2) is 0 Å². The molecule has 0 radical (unpaired) electrons. The lowest BCUT2D eigenvalue weighted by atomic mass is 10.1. The SMILES string of the molecule is O=C1CCC(CNCCc2ccccc2)N1. The van der Waals surface area contributed by atoms with Crippen LogP contribution in [0.15, 0.2) is 30.3 Å². The molecule has 2 rings (SSSR count). The highest BCUT2D eigenvalue weighted by atomic mass is 16.1. The largest absolute Gasteiger partial charge is 0.352 e. The summed E-state index contributed by atoms with van der Waals surface area (Å²) in [6.45, 7) is 1.86. The van der Waals surface area contributed by atoms with E-state index in [4.69, 9.17) is 0 Å². The van der Waals surface area contributed by atoms with E-state index in [0.29, 0.717) is 12.5 Å². The van der Waals surface area contributed by atoms with Gasteiger partial charge in [-0.1, -0.05) is 30.3 Å². The van der Waals surface area contributed by atoms with Crippen molar-refractivity contribution in [1.82, 2.24) is 10.6 Å². The van der Waals surface area contributed by atoms with E-state index in [0.717, 1.165) is 25.9 Å². The van der Waals surface area contributed by atoms with E-state index in [1.54, 1.807) is 0 Å². The average Bonchev–Trinajstić information content (AvgIpc) is 2.72. The molecule has 1 saturated heterocycles. The summed E-state index contributed by atoms with van der Waals surface area (Å²) in [5.41, 5.74) is 1.35. The van der Waals surface area contributed by atoms with Gasteiger partial charge in [0, 0.05) is 19.0 Å². The molecular formula is C13H18N2O. The molecule has 0 aliphatic carbocycles. The lowest BCUT2D eigenvalue weighted by Crippen LogP contribution is -2.36. The fourth-order valence-electron chi connectivity index (χ4n) is 1.98. The van der Waals surface area contributed by atoms with Gasteiger partial charge in [-0.2, -0.15) is 0 Å². The fraction of sp³-hybridized carbons (Fsp3) is 0.462. The first-order valence-electron chi connectivity index (χ1n) is 5.88. The van der Waals surface area contributed by atoms with Crippen LogP contribution in [0.25, 0.3) is 0 Å². The van der Waals surface area contributed by atoms with Crippen LogP contribution in [0.3, 0.4) is 0 Å². The smallest absolute Gasteiger partial charge is 0.220 e. The molecule has 1 aliphatic heterocycles. The molecule has 0 spiro atoms. The molecule has 1 aromatic carbocycles. The van der Waals surface area contributed by atoms with Crippen LogP contribution in [-0.2, 0) is 11.2 Å². The van der Waals surface area contributed by atoms with E-state index < -0.39 is 0 Å². The summed E-state index contributed by atoms with van der Waals surface area (Å²) in [5.74, 6) is 0.190. The maximum atomic E-state index is 11.0. The van der Waals surface area contributed by atoms with Crippen molar-refractivity contribution in [2.75, 3.05) is 13.1 Å². The summed E-state index contributed by atoms with van der Waals surface area (Å²) >= 11 is 0. The number of amides is 1. The Bertz CT molecular complexity index is 337. The van der Waals surface area contributed by atoms with Crippen LogP contribution >= 0.6 is 0 Å². The third kappa shape index (κ3) is 3.35. The number of benzene rings is 1. The molecule has 0 bridgehead atoms. The zero-order valence-corrected chi connectivity index (χ0v) is 9.41. The fourth-order valence-corrected chi connectivity index (χ4v) is 1.98. The maximum Gasteiger partial charge on any atom is 0.220 e. The average molecular weight is 218 g/mol. The molecule has 0 saturated carbocycles. The van der Waals surface area contributed by atoms with Gasteiger partial charge in [0.15, 0.2) is 0 Å².